The summed E-state index contributed by atoms with van der Waals surface area (Å²) in [5.74, 6) is 0.897. The minimum Gasteiger partial charge on any atom is -0.491 e. The number of hydrogen-bond donors (Lipinski definition) is 1. The zero-order chi connectivity index (χ0) is 18.1. The van der Waals surface area contributed by atoms with E-state index in [-0.39, 0.29) is 6.04 Å². The lowest BCUT2D eigenvalue weighted by atomic mass is 10.1. The van der Waals surface area contributed by atoms with Gasteiger partial charge in [-0.2, -0.15) is 0 Å². The molecule has 0 saturated carbocycles. The van der Waals surface area contributed by atoms with Crippen molar-refractivity contribution in [1.82, 2.24) is 9.71 Å². The average molecular weight is 355 g/mol. The van der Waals surface area contributed by atoms with Crippen LogP contribution in [0.4, 0.5) is 0 Å². The third-order valence-electron chi connectivity index (χ3n) is 3.69. The number of hydrogen-bond acceptors (Lipinski definition) is 4. The van der Waals surface area contributed by atoms with Crippen molar-refractivity contribution in [3.63, 3.8) is 0 Å². The highest BCUT2D eigenvalue weighted by Gasteiger charge is 2.07. The van der Waals surface area contributed by atoms with E-state index in [1.807, 2.05) is 43.5 Å². The molecule has 2 aromatic rings. The molecule has 1 heterocycles. The van der Waals surface area contributed by atoms with E-state index in [4.69, 9.17) is 4.74 Å². The van der Waals surface area contributed by atoms with Crippen LogP contribution in [0, 0.1) is 0 Å². The van der Waals surface area contributed by atoms with Crippen molar-refractivity contribution >= 4 is 22.7 Å². The summed E-state index contributed by atoms with van der Waals surface area (Å²) in [6, 6.07) is 8.25. The van der Waals surface area contributed by atoms with Crippen molar-refractivity contribution in [1.29, 1.82) is 0 Å². The number of ether oxygens (including phenoxy) is 1. The first kappa shape index (κ1) is 19.3. The van der Waals surface area contributed by atoms with Gasteiger partial charge >= 0.3 is 0 Å². The van der Waals surface area contributed by atoms with E-state index < -0.39 is 0 Å². The van der Waals surface area contributed by atoms with Crippen LogP contribution < -0.4 is 9.46 Å². The van der Waals surface area contributed by atoms with E-state index in [1.165, 1.54) is 10.5 Å². The van der Waals surface area contributed by atoms with Crippen LogP contribution in [0.25, 0.3) is 10.8 Å². The minimum absolute atomic E-state index is 0.214. The number of aromatic nitrogens is 1. The predicted molar refractivity (Wildman–Crippen MR) is 110 cm³/mol. The Bertz CT molecular complexity index is 775. The molecule has 0 saturated heterocycles. The lowest BCUT2D eigenvalue weighted by Gasteiger charge is -2.16. The van der Waals surface area contributed by atoms with Crippen molar-refractivity contribution in [2.24, 2.45) is 0 Å². The summed E-state index contributed by atoms with van der Waals surface area (Å²) in [5.41, 5.74) is 1.24. The third-order valence-corrected chi connectivity index (χ3v) is 4.99. The average Bonchev–Trinajstić information content (AvgIpc) is 2.65. The quantitative estimate of drug-likeness (QED) is 0.489. The number of pyridine rings is 1. The second kappa shape index (κ2) is 10.1. The molecule has 132 valence electrons. The normalized spacial score (nSPS) is 14.2. The van der Waals surface area contributed by atoms with Gasteiger partial charge in [0, 0.05) is 34.1 Å². The molecule has 0 spiro atoms. The maximum atomic E-state index is 6.02. The standard InChI is InChI=1S/C21H26N2OS/c1-5-7-9-16(3)21(6-2)25-23-17(4)15-24-20-11-8-10-18-14-22-13-12-19(18)20/h5-14,17,23H,15H2,1-4H3/b7-5-,16-9-,21-6-. The fourth-order valence-electron chi connectivity index (χ4n) is 2.32. The van der Waals surface area contributed by atoms with Crippen LogP contribution in [0.1, 0.15) is 27.7 Å². The molecule has 1 aromatic heterocycles. The topological polar surface area (TPSA) is 34.1 Å². The molecule has 2 rings (SSSR count). The third kappa shape index (κ3) is 5.76. The van der Waals surface area contributed by atoms with Crippen LogP contribution in [0.15, 0.2) is 71.4 Å². The summed E-state index contributed by atoms with van der Waals surface area (Å²) in [7, 11) is 0. The summed E-state index contributed by atoms with van der Waals surface area (Å²) in [4.78, 5) is 5.38. The molecule has 1 N–H and O–H groups in total. The Morgan fingerprint density at radius 2 is 2.16 bits per heavy atom. The summed E-state index contributed by atoms with van der Waals surface area (Å²) < 4.78 is 9.48. The molecule has 0 fully saturated rings. The SMILES string of the molecule is C\C=C/C=C(C)\C(=C\C)SNC(C)COc1cccc2cnccc12. The van der Waals surface area contributed by atoms with E-state index in [9.17, 15) is 0 Å². The molecule has 4 heteroatoms. The van der Waals surface area contributed by atoms with E-state index >= 15 is 0 Å². The van der Waals surface area contributed by atoms with Gasteiger partial charge in [0.05, 0.1) is 0 Å². The summed E-state index contributed by atoms with van der Waals surface area (Å²) >= 11 is 1.65. The highest BCUT2D eigenvalue weighted by Crippen LogP contribution is 2.25. The monoisotopic (exact) mass is 354 g/mol. The molecular formula is C21H26N2OS. The Hall–Kier alpha value is -2.04. The Balaban J connectivity index is 1.91. The van der Waals surface area contributed by atoms with Gasteiger partial charge < -0.3 is 4.74 Å². The van der Waals surface area contributed by atoms with E-state index in [2.05, 4.69) is 48.7 Å². The van der Waals surface area contributed by atoms with E-state index in [1.54, 1.807) is 18.1 Å². The number of benzene rings is 1. The van der Waals surface area contributed by atoms with Crippen molar-refractivity contribution in [2.75, 3.05) is 6.61 Å². The van der Waals surface area contributed by atoms with Gasteiger partial charge in [0.1, 0.15) is 12.4 Å². The van der Waals surface area contributed by atoms with Crippen molar-refractivity contribution in [2.45, 2.75) is 33.7 Å². The Kier molecular flexibility index (Phi) is 7.76. The fraction of sp³-hybridized carbons (Fsp3) is 0.286. The van der Waals surface area contributed by atoms with E-state index in [0.717, 1.165) is 16.5 Å². The lowest BCUT2D eigenvalue weighted by molar-refractivity contribution is 0.293. The van der Waals surface area contributed by atoms with E-state index in [0.29, 0.717) is 6.61 Å². The summed E-state index contributed by atoms with van der Waals surface area (Å²) in [5, 5.41) is 2.19. The Labute approximate surface area is 155 Å². The van der Waals surface area contributed by atoms with Crippen molar-refractivity contribution in [3.05, 3.63) is 71.4 Å². The van der Waals surface area contributed by atoms with Gasteiger partial charge in [0.2, 0.25) is 0 Å². The number of nitrogens with zero attached hydrogens (tertiary/aromatic N) is 1. The number of allylic oxidation sites excluding steroid dienone is 5. The molecule has 0 radical (unpaired) electrons. The number of nitrogens with one attached hydrogen (secondary N) is 1. The van der Waals surface area contributed by atoms with Gasteiger partial charge in [-0.05, 0) is 57.3 Å². The van der Waals surface area contributed by atoms with Crippen LogP contribution in [0.2, 0.25) is 0 Å². The van der Waals surface area contributed by atoms with Crippen LogP contribution in [-0.4, -0.2) is 17.6 Å². The largest absolute Gasteiger partial charge is 0.491 e. The molecule has 0 aliphatic heterocycles. The predicted octanol–water partition coefficient (Wildman–Crippen LogP) is 5.67. The maximum absolute atomic E-state index is 6.02. The first-order chi connectivity index (χ1) is 12.2. The molecule has 25 heavy (non-hydrogen) atoms. The fourth-order valence-corrected chi connectivity index (χ4v) is 3.06. The van der Waals surface area contributed by atoms with Crippen molar-refractivity contribution < 1.29 is 4.74 Å². The van der Waals surface area contributed by atoms with Gasteiger partial charge in [-0.15, -0.1) is 0 Å². The Morgan fingerprint density at radius 3 is 2.92 bits per heavy atom. The van der Waals surface area contributed by atoms with Crippen LogP contribution in [-0.2, 0) is 0 Å². The molecule has 1 atom stereocenters. The van der Waals surface area contributed by atoms with Crippen LogP contribution >= 0.6 is 11.9 Å². The van der Waals surface area contributed by atoms with Crippen molar-refractivity contribution in [3.8, 4) is 5.75 Å². The first-order valence-electron chi connectivity index (χ1n) is 8.50. The zero-order valence-electron chi connectivity index (χ0n) is 15.3. The van der Waals surface area contributed by atoms with Gasteiger partial charge in [-0.1, -0.05) is 36.4 Å². The molecule has 3 nitrogen and oxygen atoms in total. The highest BCUT2D eigenvalue weighted by molar-refractivity contribution is 8.01. The molecule has 0 aliphatic rings. The molecule has 1 aromatic carbocycles. The van der Waals surface area contributed by atoms with Gasteiger partial charge in [0.25, 0.3) is 0 Å². The minimum atomic E-state index is 0.214. The smallest absolute Gasteiger partial charge is 0.127 e. The van der Waals surface area contributed by atoms with Gasteiger partial charge in [-0.25, -0.2) is 0 Å². The second-order valence-corrected chi connectivity index (χ2v) is 6.69. The first-order valence-corrected chi connectivity index (χ1v) is 9.31. The summed E-state index contributed by atoms with van der Waals surface area (Å²) in [6.45, 7) is 8.92. The van der Waals surface area contributed by atoms with Crippen LogP contribution in [0.5, 0.6) is 5.75 Å². The van der Waals surface area contributed by atoms with Gasteiger partial charge in [0.15, 0.2) is 0 Å². The van der Waals surface area contributed by atoms with Gasteiger partial charge in [-0.3, -0.25) is 9.71 Å². The Morgan fingerprint density at radius 1 is 1.32 bits per heavy atom. The molecule has 0 aliphatic carbocycles. The number of rotatable bonds is 8. The zero-order valence-corrected chi connectivity index (χ0v) is 16.1. The number of fused-ring (bicyclic) bond motifs is 1. The highest BCUT2D eigenvalue weighted by atomic mass is 32.2. The maximum Gasteiger partial charge on any atom is 0.127 e. The second-order valence-electron chi connectivity index (χ2n) is 5.81. The lowest BCUT2D eigenvalue weighted by Crippen LogP contribution is -2.26. The molecule has 1 unspecified atom stereocenters. The van der Waals surface area contributed by atoms with Crippen LogP contribution in [0.3, 0.4) is 0 Å². The molecule has 0 amide bonds. The molecule has 0 bridgehead atoms. The summed E-state index contributed by atoms with van der Waals surface area (Å²) in [6.07, 6.45) is 12.0. The molecular weight excluding hydrogens is 328 g/mol.